The van der Waals surface area contributed by atoms with E-state index in [1.54, 1.807) is 4.90 Å². The van der Waals surface area contributed by atoms with Gasteiger partial charge in [-0.3, -0.25) is 4.79 Å². The van der Waals surface area contributed by atoms with Gasteiger partial charge in [0.25, 0.3) is 0 Å². The number of hydrogen-bond acceptors (Lipinski definition) is 4. The van der Waals surface area contributed by atoms with Gasteiger partial charge in [-0.25, -0.2) is 4.79 Å². The third-order valence-corrected chi connectivity index (χ3v) is 5.69. The summed E-state index contributed by atoms with van der Waals surface area (Å²) in [5.74, 6) is 0.363. The van der Waals surface area contributed by atoms with E-state index in [4.69, 9.17) is 4.74 Å². The van der Waals surface area contributed by atoms with Gasteiger partial charge in [-0.05, 0) is 45.2 Å². The van der Waals surface area contributed by atoms with E-state index in [2.05, 4.69) is 22.3 Å². The van der Waals surface area contributed by atoms with E-state index in [1.807, 2.05) is 32.9 Å². The number of amides is 2. The lowest BCUT2D eigenvalue weighted by Crippen LogP contribution is -2.50. The van der Waals surface area contributed by atoms with Crippen molar-refractivity contribution < 1.29 is 14.3 Å². The van der Waals surface area contributed by atoms with E-state index in [9.17, 15) is 9.59 Å². The monoisotopic (exact) mass is 401 g/mol. The van der Waals surface area contributed by atoms with Gasteiger partial charge in [-0.15, -0.1) is 0 Å². The first-order chi connectivity index (χ1) is 13.8. The van der Waals surface area contributed by atoms with Gasteiger partial charge in [-0.1, -0.05) is 37.5 Å². The predicted molar refractivity (Wildman–Crippen MR) is 115 cm³/mol. The molecule has 2 aliphatic rings. The second-order valence-electron chi connectivity index (χ2n) is 9.14. The minimum atomic E-state index is -0.475. The molecule has 1 N–H and O–H groups in total. The largest absolute Gasteiger partial charge is 0.444 e. The summed E-state index contributed by atoms with van der Waals surface area (Å²) in [5, 5.41) is 3.15. The number of para-hydroxylation sites is 1. The number of carbonyl (C=O) groups is 2. The van der Waals surface area contributed by atoms with Crippen LogP contribution in [0.25, 0.3) is 0 Å². The topological polar surface area (TPSA) is 61.9 Å². The Labute approximate surface area is 174 Å². The maximum absolute atomic E-state index is 12.5. The summed E-state index contributed by atoms with van der Waals surface area (Å²) < 4.78 is 5.49. The van der Waals surface area contributed by atoms with Crippen LogP contribution in [0.15, 0.2) is 24.3 Å². The summed E-state index contributed by atoms with van der Waals surface area (Å²) in [4.78, 5) is 28.9. The average Bonchev–Trinajstić information content (AvgIpc) is 2.72. The van der Waals surface area contributed by atoms with E-state index in [0.29, 0.717) is 19.6 Å². The number of anilines is 1. The molecule has 3 rings (SSSR count). The molecule has 0 aromatic heterocycles. The van der Waals surface area contributed by atoms with Crippen LogP contribution in [0.2, 0.25) is 0 Å². The lowest BCUT2D eigenvalue weighted by Gasteiger charge is -2.37. The first-order valence-corrected chi connectivity index (χ1v) is 10.9. The van der Waals surface area contributed by atoms with Gasteiger partial charge in [0.15, 0.2) is 0 Å². The molecule has 1 aromatic rings. The molecular formula is C23H35N3O3. The van der Waals surface area contributed by atoms with Crippen LogP contribution >= 0.6 is 0 Å². The summed E-state index contributed by atoms with van der Waals surface area (Å²) in [5.41, 5.74) is 1.79. The third-order valence-electron chi connectivity index (χ3n) is 5.69. The average molecular weight is 402 g/mol. The van der Waals surface area contributed by atoms with E-state index < -0.39 is 5.60 Å². The molecule has 1 saturated heterocycles. The maximum atomic E-state index is 12.5. The Morgan fingerprint density at radius 1 is 1.03 bits per heavy atom. The van der Waals surface area contributed by atoms with Gasteiger partial charge in [0.1, 0.15) is 5.60 Å². The Hall–Kier alpha value is -2.24. The lowest BCUT2D eigenvalue weighted by molar-refractivity contribution is -0.126. The summed E-state index contributed by atoms with van der Waals surface area (Å²) in [6.45, 7) is 9.00. The molecular weight excluding hydrogens is 366 g/mol. The number of nitrogens with one attached hydrogen (secondary N) is 1. The summed E-state index contributed by atoms with van der Waals surface area (Å²) in [7, 11) is 0. The van der Waals surface area contributed by atoms with Crippen LogP contribution in [0.3, 0.4) is 0 Å². The van der Waals surface area contributed by atoms with E-state index >= 15 is 0 Å². The standard InChI is InChI=1S/C23H35N3O3/c1-23(2,3)29-22(28)26-15-13-25(14-16-26)20-12-8-7-11-19(20)17-24-21(27)18-9-5-4-6-10-18/h7-8,11-12,18H,4-6,9-10,13-17H2,1-3H3,(H,24,27). The van der Waals surface area contributed by atoms with Gasteiger partial charge in [0.05, 0.1) is 0 Å². The van der Waals surface area contributed by atoms with Crippen molar-refractivity contribution in [3.8, 4) is 0 Å². The normalized spacial score (nSPS) is 18.4. The summed E-state index contributed by atoms with van der Waals surface area (Å²) in [6.07, 6.45) is 5.36. The fourth-order valence-corrected chi connectivity index (χ4v) is 4.12. The van der Waals surface area contributed by atoms with Crippen LogP contribution in [0.1, 0.15) is 58.4 Å². The number of ether oxygens (including phenoxy) is 1. The van der Waals surface area contributed by atoms with Crippen molar-refractivity contribution in [3.05, 3.63) is 29.8 Å². The fourth-order valence-electron chi connectivity index (χ4n) is 4.12. The van der Waals surface area contributed by atoms with Gasteiger partial charge in [0, 0.05) is 44.3 Å². The molecule has 1 heterocycles. The molecule has 1 saturated carbocycles. The van der Waals surface area contributed by atoms with Crippen LogP contribution in [0, 0.1) is 5.92 Å². The van der Waals surface area contributed by atoms with Gasteiger partial charge < -0.3 is 19.9 Å². The highest BCUT2D eigenvalue weighted by Gasteiger charge is 2.27. The van der Waals surface area contributed by atoms with Crippen LogP contribution in [0.4, 0.5) is 10.5 Å². The zero-order chi connectivity index (χ0) is 20.9. The Balaban J connectivity index is 1.55. The molecule has 0 spiro atoms. The highest BCUT2D eigenvalue weighted by Crippen LogP contribution is 2.25. The number of carbonyl (C=O) groups excluding carboxylic acids is 2. The minimum absolute atomic E-state index is 0.174. The van der Waals surface area contributed by atoms with Gasteiger partial charge in [0.2, 0.25) is 5.91 Å². The van der Waals surface area contributed by atoms with Crippen molar-refractivity contribution in [3.63, 3.8) is 0 Å². The molecule has 1 aromatic carbocycles. The molecule has 0 radical (unpaired) electrons. The number of hydrogen-bond donors (Lipinski definition) is 1. The predicted octanol–water partition coefficient (Wildman–Crippen LogP) is 3.94. The molecule has 2 amide bonds. The number of benzene rings is 1. The van der Waals surface area contributed by atoms with Crippen molar-refractivity contribution in [1.29, 1.82) is 0 Å². The molecule has 29 heavy (non-hydrogen) atoms. The summed E-state index contributed by atoms with van der Waals surface area (Å²) in [6, 6.07) is 8.23. The molecule has 0 bridgehead atoms. The Kier molecular flexibility index (Phi) is 7.04. The lowest BCUT2D eigenvalue weighted by atomic mass is 9.88. The Morgan fingerprint density at radius 3 is 2.34 bits per heavy atom. The summed E-state index contributed by atoms with van der Waals surface area (Å²) >= 11 is 0. The van der Waals surface area contributed by atoms with Crippen LogP contribution in [-0.2, 0) is 16.1 Å². The van der Waals surface area contributed by atoms with Crippen molar-refractivity contribution in [2.45, 2.75) is 65.0 Å². The maximum Gasteiger partial charge on any atom is 0.410 e. The SMILES string of the molecule is CC(C)(C)OC(=O)N1CCN(c2ccccc2CNC(=O)C2CCCCC2)CC1. The highest BCUT2D eigenvalue weighted by atomic mass is 16.6. The quantitative estimate of drug-likeness (QED) is 0.830. The van der Waals surface area contributed by atoms with Crippen LogP contribution in [-0.4, -0.2) is 48.7 Å². The minimum Gasteiger partial charge on any atom is -0.444 e. The molecule has 2 fully saturated rings. The second-order valence-corrected chi connectivity index (χ2v) is 9.14. The van der Waals surface area contributed by atoms with E-state index in [0.717, 1.165) is 50.0 Å². The van der Waals surface area contributed by atoms with Crippen LogP contribution in [0.5, 0.6) is 0 Å². The highest BCUT2D eigenvalue weighted by molar-refractivity contribution is 5.79. The van der Waals surface area contributed by atoms with Crippen molar-refractivity contribution >= 4 is 17.7 Å². The number of rotatable bonds is 4. The van der Waals surface area contributed by atoms with Crippen LogP contribution < -0.4 is 10.2 Å². The molecule has 0 atom stereocenters. The van der Waals surface area contributed by atoms with Crippen molar-refractivity contribution in [2.75, 3.05) is 31.1 Å². The number of piperazine rings is 1. The molecule has 6 nitrogen and oxygen atoms in total. The smallest absolute Gasteiger partial charge is 0.410 e. The molecule has 160 valence electrons. The first-order valence-electron chi connectivity index (χ1n) is 10.9. The van der Waals surface area contributed by atoms with E-state index in [1.165, 1.54) is 6.42 Å². The second kappa shape index (κ2) is 9.51. The number of nitrogens with zero attached hydrogens (tertiary/aromatic N) is 2. The zero-order valence-corrected chi connectivity index (χ0v) is 18.1. The molecule has 0 unspecified atom stereocenters. The molecule has 6 heteroatoms. The van der Waals surface area contributed by atoms with Gasteiger partial charge >= 0.3 is 6.09 Å². The first kappa shape index (κ1) is 21.5. The van der Waals surface area contributed by atoms with Crippen molar-refractivity contribution in [1.82, 2.24) is 10.2 Å². The Bertz CT molecular complexity index is 700. The third kappa shape index (κ3) is 6.12. The molecule has 1 aliphatic carbocycles. The zero-order valence-electron chi connectivity index (χ0n) is 18.1. The molecule has 1 aliphatic heterocycles. The van der Waals surface area contributed by atoms with Gasteiger partial charge in [-0.2, -0.15) is 0 Å². The van der Waals surface area contributed by atoms with Crippen molar-refractivity contribution in [2.24, 2.45) is 5.92 Å². The van der Waals surface area contributed by atoms with E-state index in [-0.39, 0.29) is 17.9 Å². The fraction of sp³-hybridized carbons (Fsp3) is 0.652. The Morgan fingerprint density at radius 2 is 1.69 bits per heavy atom.